The first-order chi connectivity index (χ1) is 5.91. The minimum atomic E-state index is -0.147. The van der Waals surface area contributed by atoms with Crippen LogP contribution in [0.15, 0.2) is 0 Å². The van der Waals surface area contributed by atoms with Gasteiger partial charge in [-0.1, -0.05) is 0 Å². The molecule has 0 fully saturated rings. The lowest BCUT2D eigenvalue weighted by Crippen LogP contribution is -1.48. The highest BCUT2D eigenvalue weighted by atomic mass is 33.3. The molecule has 0 aliphatic rings. The van der Waals surface area contributed by atoms with Crippen molar-refractivity contribution in [1.29, 1.82) is 0 Å². The van der Waals surface area contributed by atoms with Gasteiger partial charge in [0.15, 0.2) is 0 Å². The van der Waals surface area contributed by atoms with Gasteiger partial charge in [0.25, 0.3) is 0 Å². The van der Waals surface area contributed by atoms with Crippen molar-refractivity contribution in [1.82, 2.24) is 0 Å². The molecule has 8 atom stereocenters. The van der Waals surface area contributed by atoms with Gasteiger partial charge in [0, 0.05) is 15.5 Å². The fourth-order valence-electron chi connectivity index (χ4n) is 0.499. The monoisotopic (exact) mass is 402 g/mol. The van der Waals surface area contributed by atoms with E-state index in [1.165, 1.54) is 0 Å². The SMILES string of the molecule is OPP(P(P)P)P(P(P)P)P(P)P. The first kappa shape index (κ1) is 18.1. The lowest BCUT2D eigenvalue weighted by atomic mass is 15.9. The average molecular weight is 402 g/mol. The van der Waals surface area contributed by atoms with Crippen LogP contribution in [-0.4, -0.2) is 4.89 Å². The Balaban J connectivity index is 4.49. The van der Waals surface area contributed by atoms with Gasteiger partial charge in [0.2, 0.25) is 0 Å². The molecule has 0 aliphatic carbocycles. The largest absolute Gasteiger partial charge is 0.372 e. The molecule has 0 aliphatic heterocycles. The van der Waals surface area contributed by atoms with Crippen LogP contribution in [0.5, 0.6) is 0 Å². The second kappa shape index (κ2) is 9.97. The number of rotatable bonds is 5. The zero-order valence-corrected chi connectivity index (χ0v) is 19.0. The van der Waals surface area contributed by atoms with Gasteiger partial charge in [-0.05, 0) is 27.9 Å². The van der Waals surface area contributed by atoms with E-state index in [1.54, 1.807) is 0 Å². The van der Waals surface area contributed by atoms with Gasteiger partial charge >= 0.3 is 0 Å². The summed E-state index contributed by atoms with van der Waals surface area (Å²) in [6.45, 7) is -0.293. The second-order valence-electron chi connectivity index (χ2n) is 1.80. The molecule has 0 heterocycles. The van der Waals surface area contributed by atoms with Crippen LogP contribution in [0.3, 0.4) is 0 Å². The maximum atomic E-state index is 9.41. The molecule has 0 aromatic carbocycles. The van der Waals surface area contributed by atoms with E-state index < -0.39 is 0 Å². The topological polar surface area (TPSA) is 20.2 Å². The summed E-state index contributed by atoms with van der Waals surface area (Å²) in [7, 11) is 17.6. The summed E-state index contributed by atoms with van der Waals surface area (Å²) in [5.41, 5.74) is 0. The Hall–Kier alpha value is 5.12. The van der Waals surface area contributed by atoms with Crippen molar-refractivity contribution < 1.29 is 4.89 Å². The Bertz CT molecular complexity index is 119. The number of hydrogen-bond donors (Lipinski definition) is 1. The molecule has 0 spiro atoms. The lowest BCUT2D eigenvalue weighted by molar-refractivity contribution is 0.660. The maximum Gasteiger partial charge on any atom is 0.0452 e. The summed E-state index contributed by atoms with van der Waals surface area (Å²) < 4.78 is 0. The molecule has 0 saturated carbocycles. The van der Waals surface area contributed by atoms with Crippen molar-refractivity contribution in [2.45, 2.75) is 0 Å². The van der Waals surface area contributed by atoms with E-state index in [1.807, 2.05) is 0 Å². The lowest BCUT2D eigenvalue weighted by Gasteiger charge is -2.33. The van der Waals surface area contributed by atoms with Gasteiger partial charge in [0.05, 0.1) is 0 Å². The fraction of sp³-hybridized carbons (Fsp3) is 0. The van der Waals surface area contributed by atoms with Crippen molar-refractivity contribution in [3.05, 3.63) is 0 Å². The summed E-state index contributed by atoms with van der Waals surface area (Å²) in [5, 5.41) is 0. The minimum Gasteiger partial charge on any atom is -0.372 e. The van der Waals surface area contributed by atoms with E-state index in [0.717, 1.165) is 0 Å². The van der Waals surface area contributed by atoms with Crippen molar-refractivity contribution in [3.8, 4) is 0 Å². The molecule has 13 heavy (non-hydrogen) atoms. The quantitative estimate of drug-likeness (QED) is 0.536. The predicted molar refractivity (Wildman–Crippen MR) is 103 cm³/mol. The van der Waals surface area contributed by atoms with Crippen LogP contribution in [-0.2, 0) is 0 Å². The number of hydrogen-bond acceptors (Lipinski definition) is 1. The van der Waals surface area contributed by atoms with Crippen LogP contribution in [0.4, 0.5) is 0 Å². The predicted octanol–water partition coefficient (Wildman–Crippen LogP) is 6.30. The van der Waals surface area contributed by atoms with E-state index in [-0.39, 0.29) is 43.4 Å². The van der Waals surface area contributed by atoms with Gasteiger partial charge in [0.1, 0.15) is 0 Å². The molecule has 80 valence electrons. The zero-order valence-electron chi connectivity index (χ0n) is 6.65. The Kier molecular flexibility index (Phi) is 13.9. The third kappa shape index (κ3) is 7.32. The standard InChI is InChI=1S/H14OP12/c1-8-12(9(2)3)13(10(4)5)11(6)7/h1,8H,2-7H2. The van der Waals surface area contributed by atoms with Crippen molar-refractivity contribution in [2.75, 3.05) is 0 Å². The molecular formula is H14OP12. The van der Waals surface area contributed by atoms with E-state index in [2.05, 4.69) is 53.6 Å². The van der Waals surface area contributed by atoms with E-state index in [4.69, 9.17) is 0 Å². The van der Waals surface area contributed by atoms with Crippen LogP contribution in [0.2, 0.25) is 0 Å². The fourth-order valence-corrected chi connectivity index (χ4v) is 106. The molecule has 0 saturated heterocycles. The van der Waals surface area contributed by atoms with E-state index >= 15 is 0 Å². The molecule has 1 nitrogen and oxygen atoms in total. The zero-order chi connectivity index (χ0) is 10.6. The van der Waals surface area contributed by atoms with Crippen LogP contribution in [0.25, 0.3) is 0 Å². The van der Waals surface area contributed by atoms with E-state index in [9.17, 15) is 4.89 Å². The first-order valence-corrected chi connectivity index (χ1v) is 23.8. The summed E-state index contributed by atoms with van der Waals surface area (Å²) in [5.74, 6) is 0. The minimum absolute atomic E-state index is 0.0141. The smallest absolute Gasteiger partial charge is 0.0452 e. The van der Waals surface area contributed by atoms with Crippen molar-refractivity contribution in [2.24, 2.45) is 0 Å². The Labute approximate surface area is 101 Å². The molecule has 0 bridgehead atoms. The van der Waals surface area contributed by atoms with Crippen LogP contribution >= 0.6 is 97.0 Å². The summed E-state index contributed by atoms with van der Waals surface area (Å²) in [6.07, 6.45) is 0. The second-order valence-corrected chi connectivity index (χ2v) is 46.7. The van der Waals surface area contributed by atoms with Crippen molar-refractivity contribution in [3.63, 3.8) is 0 Å². The van der Waals surface area contributed by atoms with Crippen molar-refractivity contribution >= 4 is 97.0 Å². The third-order valence-corrected chi connectivity index (χ3v) is 67.3. The Morgan fingerprint density at radius 1 is 0.769 bits per heavy atom. The highest BCUT2D eigenvalue weighted by Crippen LogP contribution is 3.17. The summed E-state index contributed by atoms with van der Waals surface area (Å²) in [6, 6.07) is 0. The maximum absolute atomic E-state index is 9.41. The van der Waals surface area contributed by atoms with Crippen LogP contribution < -0.4 is 0 Å². The van der Waals surface area contributed by atoms with Gasteiger partial charge in [-0.3, -0.25) is 0 Å². The van der Waals surface area contributed by atoms with Gasteiger partial charge < -0.3 is 4.89 Å². The molecule has 0 radical (unpaired) electrons. The molecule has 1 N–H and O–H groups in total. The molecule has 0 aromatic rings. The first-order valence-electron chi connectivity index (χ1n) is 2.80. The molecule has 13 heteroatoms. The summed E-state index contributed by atoms with van der Waals surface area (Å²) in [4.78, 5) is 9.41. The normalized spacial score (nSPS) is 15.9. The Morgan fingerprint density at radius 2 is 1.15 bits per heavy atom. The molecular weight excluding hydrogens is 388 g/mol. The van der Waals surface area contributed by atoms with E-state index in [0.29, 0.717) is 0 Å². The highest BCUT2D eigenvalue weighted by molar-refractivity contribution is 9.22. The van der Waals surface area contributed by atoms with Gasteiger partial charge in [-0.25, -0.2) is 0 Å². The Morgan fingerprint density at radius 3 is 1.23 bits per heavy atom. The molecule has 0 amide bonds. The van der Waals surface area contributed by atoms with Crippen LogP contribution in [0.1, 0.15) is 0 Å². The third-order valence-electron chi connectivity index (χ3n) is 0.891. The van der Waals surface area contributed by atoms with Gasteiger partial charge in [-0.2, -0.15) is 0 Å². The molecule has 8 unspecified atom stereocenters. The van der Waals surface area contributed by atoms with Gasteiger partial charge in [-0.15, -0.1) is 53.6 Å². The highest BCUT2D eigenvalue weighted by Gasteiger charge is 2.29. The molecule has 0 rings (SSSR count). The summed E-state index contributed by atoms with van der Waals surface area (Å²) >= 11 is 0. The average Bonchev–Trinajstić information content (AvgIpc) is 1.97. The van der Waals surface area contributed by atoms with Crippen LogP contribution in [0, 0.1) is 0 Å². The molecule has 0 aromatic heterocycles.